The van der Waals surface area contributed by atoms with Crippen LogP contribution in [0.1, 0.15) is 54.1 Å². The molecule has 3 rings (SSSR count). The molecule has 2 aromatic carbocycles. The highest BCUT2D eigenvalue weighted by molar-refractivity contribution is 5.94. The number of aryl methyl sites for hydroxylation is 1. The Hall–Kier alpha value is -2.88. The van der Waals surface area contributed by atoms with E-state index in [2.05, 4.69) is 55.3 Å². The second kappa shape index (κ2) is 7.16. The van der Waals surface area contributed by atoms with E-state index < -0.39 is 0 Å². The third kappa shape index (κ3) is 3.85. The minimum Gasteiger partial charge on any atom is -0.338 e. The van der Waals surface area contributed by atoms with Crippen molar-refractivity contribution in [1.29, 1.82) is 0 Å². The van der Waals surface area contributed by atoms with Crippen LogP contribution in [0, 0.1) is 0 Å². The fourth-order valence-electron chi connectivity index (χ4n) is 2.93. The lowest BCUT2D eigenvalue weighted by atomic mass is 9.86. The molecule has 0 fully saturated rings. The van der Waals surface area contributed by atoms with Gasteiger partial charge in [0.1, 0.15) is 11.9 Å². The van der Waals surface area contributed by atoms with Crippen LogP contribution in [0.2, 0.25) is 0 Å². The lowest BCUT2D eigenvalue weighted by Gasteiger charge is -2.22. The SMILES string of the molecule is Cn1ccnc1C(NC(=O)c1ccccc1)c1ccc(C(C)(C)C)cc1. The average Bonchev–Trinajstić information content (AvgIpc) is 3.05. The number of rotatable bonds is 4. The third-order valence-electron chi connectivity index (χ3n) is 4.54. The second-order valence-corrected chi connectivity index (χ2v) is 7.54. The molecule has 0 aliphatic carbocycles. The number of aromatic nitrogens is 2. The molecule has 1 unspecified atom stereocenters. The van der Waals surface area contributed by atoms with Crippen LogP contribution in [0.15, 0.2) is 67.0 Å². The van der Waals surface area contributed by atoms with Gasteiger partial charge in [0, 0.05) is 25.0 Å². The molecule has 1 N–H and O–H groups in total. The van der Waals surface area contributed by atoms with Crippen molar-refractivity contribution < 1.29 is 4.79 Å². The molecule has 134 valence electrons. The van der Waals surface area contributed by atoms with E-state index >= 15 is 0 Å². The zero-order valence-electron chi connectivity index (χ0n) is 15.7. The van der Waals surface area contributed by atoms with Gasteiger partial charge in [-0.3, -0.25) is 4.79 Å². The molecular formula is C22H25N3O. The monoisotopic (exact) mass is 347 g/mol. The molecule has 0 saturated heterocycles. The van der Waals surface area contributed by atoms with Gasteiger partial charge in [0.2, 0.25) is 0 Å². The van der Waals surface area contributed by atoms with Crippen LogP contribution in [-0.2, 0) is 12.5 Å². The summed E-state index contributed by atoms with van der Waals surface area (Å²) < 4.78 is 1.94. The molecular weight excluding hydrogens is 322 g/mol. The number of carbonyl (C=O) groups excluding carboxylic acids is 1. The first-order valence-electron chi connectivity index (χ1n) is 8.80. The molecule has 0 bridgehead atoms. The standard InChI is InChI=1S/C22H25N3O/c1-22(2,3)18-12-10-16(11-13-18)19(20-23-14-15-25(20)4)24-21(26)17-8-6-5-7-9-17/h5-15,19H,1-4H3,(H,24,26). The first-order valence-corrected chi connectivity index (χ1v) is 8.80. The van der Waals surface area contributed by atoms with Crippen molar-refractivity contribution >= 4 is 5.91 Å². The van der Waals surface area contributed by atoms with Gasteiger partial charge in [-0.05, 0) is 28.7 Å². The number of hydrogen-bond donors (Lipinski definition) is 1. The average molecular weight is 347 g/mol. The number of hydrogen-bond acceptors (Lipinski definition) is 2. The normalized spacial score (nSPS) is 12.6. The first kappa shape index (κ1) is 17.9. The molecule has 3 aromatic rings. The van der Waals surface area contributed by atoms with Gasteiger partial charge in [-0.15, -0.1) is 0 Å². The zero-order valence-corrected chi connectivity index (χ0v) is 15.7. The molecule has 1 amide bonds. The summed E-state index contributed by atoms with van der Waals surface area (Å²) in [5.41, 5.74) is 2.99. The second-order valence-electron chi connectivity index (χ2n) is 7.54. The van der Waals surface area contributed by atoms with Crippen molar-refractivity contribution in [1.82, 2.24) is 14.9 Å². The van der Waals surface area contributed by atoms with Crippen LogP contribution in [0.5, 0.6) is 0 Å². The van der Waals surface area contributed by atoms with Gasteiger partial charge in [0.25, 0.3) is 5.91 Å². The van der Waals surface area contributed by atoms with Crippen LogP contribution in [0.3, 0.4) is 0 Å². The Bertz CT molecular complexity index is 874. The Labute approximate surface area is 154 Å². The van der Waals surface area contributed by atoms with E-state index in [1.807, 2.05) is 48.1 Å². The molecule has 0 aliphatic rings. The summed E-state index contributed by atoms with van der Waals surface area (Å²) in [5.74, 6) is 0.691. The Morgan fingerprint density at radius 1 is 1.04 bits per heavy atom. The number of nitrogens with one attached hydrogen (secondary N) is 1. The predicted molar refractivity (Wildman–Crippen MR) is 104 cm³/mol. The topological polar surface area (TPSA) is 46.9 Å². The smallest absolute Gasteiger partial charge is 0.252 e. The van der Waals surface area contributed by atoms with Crippen molar-refractivity contribution in [3.8, 4) is 0 Å². The van der Waals surface area contributed by atoms with Crippen LogP contribution in [0.25, 0.3) is 0 Å². The number of benzene rings is 2. The van der Waals surface area contributed by atoms with Crippen molar-refractivity contribution in [2.75, 3.05) is 0 Å². The molecule has 4 heteroatoms. The summed E-state index contributed by atoms with van der Waals surface area (Å²) in [6.45, 7) is 6.57. The number of nitrogens with zero attached hydrogens (tertiary/aromatic N) is 2. The Morgan fingerprint density at radius 2 is 1.69 bits per heavy atom. The summed E-state index contributed by atoms with van der Waals surface area (Å²) in [5, 5.41) is 3.13. The maximum Gasteiger partial charge on any atom is 0.252 e. The summed E-state index contributed by atoms with van der Waals surface area (Å²) in [6.07, 6.45) is 3.64. The Balaban J connectivity index is 1.94. The lowest BCUT2D eigenvalue weighted by molar-refractivity contribution is 0.0941. The summed E-state index contributed by atoms with van der Waals surface area (Å²) in [7, 11) is 1.94. The van der Waals surface area contributed by atoms with Gasteiger partial charge in [-0.2, -0.15) is 0 Å². The van der Waals surface area contributed by atoms with Crippen LogP contribution in [-0.4, -0.2) is 15.5 Å². The molecule has 1 atom stereocenters. The van der Waals surface area contributed by atoms with E-state index in [9.17, 15) is 4.79 Å². The van der Waals surface area contributed by atoms with Crippen molar-refractivity contribution in [2.24, 2.45) is 7.05 Å². The van der Waals surface area contributed by atoms with Crippen LogP contribution >= 0.6 is 0 Å². The maximum absolute atomic E-state index is 12.7. The third-order valence-corrected chi connectivity index (χ3v) is 4.54. The summed E-state index contributed by atoms with van der Waals surface area (Å²) in [6, 6.07) is 17.3. The van der Waals surface area contributed by atoms with Gasteiger partial charge in [-0.25, -0.2) is 4.98 Å². The lowest BCUT2D eigenvalue weighted by Crippen LogP contribution is -2.31. The highest BCUT2D eigenvalue weighted by Crippen LogP contribution is 2.26. The molecule has 0 spiro atoms. The number of amides is 1. The zero-order chi connectivity index (χ0) is 18.7. The summed E-state index contributed by atoms with van der Waals surface area (Å²) in [4.78, 5) is 17.2. The molecule has 1 heterocycles. The maximum atomic E-state index is 12.7. The van der Waals surface area contributed by atoms with Crippen molar-refractivity contribution in [3.05, 3.63) is 89.5 Å². The predicted octanol–water partition coefficient (Wildman–Crippen LogP) is 4.24. The van der Waals surface area contributed by atoms with Gasteiger partial charge in [0.05, 0.1) is 0 Å². The fourth-order valence-corrected chi connectivity index (χ4v) is 2.93. The molecule has 26 heavy (non-hydrogen) atoms. The molecule has 1 aromatic heterocycles. The van der Waals surface area contributed by atoms with Crippen LogP contribution < -0.4 is 5.32 Å². The van der Waals surface area contributed by atoms with E-state index in [1.54, 1.807) is 6.20 Å². The number of carbonyl (C=O) groups is 1. The quantitative estimate of drug-likeness (QED) is 0.767. The first-order chi connectivity index (χ1) is 12.4. The van der Waals surface area contributed by atoms with E-state index in [-0.39, 0.29) is 17.4 Å². The van der Waals surface area contributed by atoms with E-state index in [0.717, 1.165) is 11.4 Å². The van der Waals surface area contributed by atoms with E-state index in [0.29, 0.717) is 5.56 Å². The van der Waals surface area contributed by atoms with E-state index in [1.165, 1.54) is 5.56 Å². The molecule has 4 nitrogen and oxygen atoms in total. The van der Waals surface area contributed by atoms with Gasteiger partial charge in [-0.1, -0.05) is 63.2 Å². The molecule has 0 radical (unpaired) electrons. The Kier molecular flexibility index (Phi) is 4.94. The Morgan fingerprint density at radius 3 is 2.23 bits per heavy atom. The van der Waals surface area contributed by atoms with Gasteiger partial charge in [0.15, 0.2) is 0 Å². The van der Waals surface area contributed by atoms with Gasteiger partial charge < -0.3 is 9.88 Å². The molecule has 0 saturated carbocycles. The summed E-state index contributed by atoms with van der Waals surface area (Å²) >= 11 is 0. The molecule has 0 aliphatic heterocycles. The highest BCUT2D eigenvalue weighted by atomic mass is 16.1. The van der Waals surface area contributed by atoms with Gasteiger partial charge >= 0.3 is 0 Å². The minimum absolute atomic E-state index is 0.0878. The van der Waals surface area contributed by atoms with E-state index in [4.69, 9.17) is 0 Å². The largest absolute Gasteiger partial charge is 0.338 e. The minimum atomic E-state index is -0.309. The number of imidazole rings is 1. The van der Waals surface area contributed by atoms with Crippen molar-refractivity contribution in [2.45, 2.75) is 32.2 Å². The fraction of sp³-hybridized carbons (Fsp3) is 0.273. The van der Waals surface area contributed by atoms with Crippen molar-refractivity contribution in [3.63, 3.8) is 0 Å². The van der Waals surface area contributed by atoms with Crippen LogP contribution in [0.4, 0.5) is 0 Å². The highest BCUT2D eigenvalue weighted by Gasteiger charge is 2.22.